The van der Waals surface area contributed by atoms with Gasteiger partial charge in [-0.1, -0.05) is 18.2 Å². The summed E-state index contributed by atoms with van der Waals surface area (Å²) in [7, 11) is -3.14. The molecule has 166 valence electrons. The molecule has 0 spiro atoms. The Labute approximate surface area is 173 Å². The summed E-state index contributed by atoms with van der Waals surface area (Å²) in [5.74, 6) is -5.69. The van der Waals surface area contributed by atoms with Crippen molar-refractivity contribution in [2.24, 2.45) is 0 Å². The zero-order valence-corrected chi connectivity index (χ0v) is 16.9. The van der Waals surface area contributed by atoms with E-state index in [4.69, 9.17) is 0 Å². The van der Waals surface area contributed by atoms with Gasteiger partial charge in [-0.2, -0.15) is 13.2 Å². The molecule has 2 aromatic carbocycles. The van der Waals surface area contributed by atoms with Crippen molar-refractivity contribution in [2.45, 2.75) is 24.0 Å². The van der Waals surface area contributed by atoms with E-state index in [1.165, 1.54) is 44.3 Å². The number of phenolic OH excluding ortho intramolecular Hbond substituents is 1. The summed E-state index contributed by atoms with van der Waals surface area (Å²) in [5.41, 5.74) is -0.537. The maximum absolute atomic E-state index is 14.5. The first-order valence-corrected chi connectivity index (χ1v) is 10.2. The highest BCUT2D eigenvalue weighted by molar-refractivity contribution is 7.90. The predicted molar refractivity (Wildman–Crippen MR) is 102 cm³/mol. The van der Waals surface area contributed by atoms with Gasteiger partial charge in [-0.25, -0.2) is 21.6 Å². The van der Waals surface area contributed by atoms with Crippen molar-refractivity contribution >= 4 is 26.9 Å². The van der Waals surface area contributed by atoms with Gasteiger partial charge in [0.2, 0.25) is 5.88 Å². The number of phenols is 1. The van der Waals surface area contributed by atoms with Crippen molar-refractivity contribution in [3.8, 4) is 11.6 Å². The zero-order chi connectivity index (χ0) is 23.1. The Kier molecular flexibility index (Phi) is 5.72. The molecule has 2 N–H and O–H groups in total. The van der Waals surface area contributed by atoms with Gasteiger partial charge in [-0.15, -0.1) is 0 Å². The summed E-state index contributed by atoms with van der Waals surface area (Å²) < 4.78 is 83.9. The summed E-state index contributed by atoms with van der Waals surface area (Å²) in [6.07, 6.45) is -5.41. The van der Waals surface area contributed by atoms with Crippen LogP contribution >= 0.6 is 0 Å². The van der Waals surface area contributed by atoms with Crippen LogP contribution in [0.2, 0.25) is 0 Å². The van der Waals surface area contributed by atoms with E-state index in [0.717, 1.165) is 6.07 Å². The van der Waals surface area contributed by atoms with Crippen LogP contribution < -0.4 is 10.1 Å². The molecule has 0 saturated heterocycles. The number of esters is 1. The smallest absolute Gasteiger partial charge is 0.491 e. The van der Waals surface area contributed by atoms with Gasteiger partial charge in [0.25, 0.3) is 10.0 Å². The molecule has 0 aliphatic rings. The van der Waals surface area contributed by atoms with E-state index in [-0.39, 0.29) is 15.8 Å². The van der Waals surface area contributed by atoms with Crippen LogP contribution in [0.3, 0.4) is 0 Å². The summed E-state index contributed by atoms with van der Waals surface area (Å²) >= 11 is 0. The van der Waals surface area contributed by atoms with Crippen LogP contribution in [0.15, 0.2) is 47.4 Å². The second kappa shape index (κ2) is 7.85. The van der Waals surface area contributed by atoms with Gasteiger partial charge < -0.3 is 15.2 Å². The van der Waals surface area contributed by atoms with Gasteiger partial charge in [0, 0.05) is 29.1 Å². The van der Waals surface area contributed by atoms with Crippen LogP contribution in [0, 0.1) is 5.82 Å². The van der Waals surface area contributed by atoms with Gasteiger partial charge >= 0.3 is 12.1 Å². The number of nitrogens with one attached hydrogen (secondary N) is 1. The molecule has 3 rings (SSSR count). The Morgan fingerprint density at radius 2 is 1.81 bits per heavy atom. The molecule has 1 atom stereocenters. The van der Waals surface area contributed by atoms with E-state index in [1.807, 2.05) is 0 Å². The van der Waals surface area contributed by atoms with E-state index in [0.29, 0.717) is 10.0 Å². The maximum Gasteiger partial charge on any atom is 0.491 e. The fourth-order valence-electron chi connectivity index (χ4n) is 3.03. The first kappa shape index (κ1) is 22.6. The molecule has 0 aliphatic heterocycles. The van der Waals surface area contributed by atoms with Crippen LogP contribution in [-0.2, 0) is 14.8 Å². The largest absolute Gasteiger partial charge is 0.505 e. The Morgan fingerprint density at radius 3 is 2.35 bits per heavy atom. The van der Waals surface area contributed by atoms with Gasteiger partial charge in [0.05, 0.1) is 10.4 Å². The number of carbonyl (C=O) groups excluding carboxylic acids is 1. The number of aromatic hydroxyl groups is 1. The van der Waals surface area contributed by atoms with Crippen molar-refractivity contribution in [2.75, 3.05) is 7.05 Å². The average molecular weight is 460 g/mol. The van der Waals surface area contributed by atoms with Crippen molar-refractivity contribution in [1.29, 1.82) is 0 Å². The summed E-state index contributed by atoms with van der Waals surface area (Å²) in [5, 5.41) is 12.8. The molecule has 0 radical (unpaired) electrons. The lowest BCUT2D eigenvalue weighted by Crippen LogP contribution is -2.29. The number of aromatic nitrogens is 1. The second-order valence-corrected chi connectivity index (χ2v) is 8.30. The minimum atomic E-state index is -5.41. The number of hydrogen-bond donors (Lipinski definition) is 2. The number of ether oxygens (including phenoxy) is 1. The highest BCUT2D eigenvalue weighted by atomic mass is 32.2. The summed E-state index contributed by atoms with van der Waals surface area (Å²) in [6, 6.07) is 7.35. The van der Waals surface area contributed by atoms with Crippen LogP contribution in [0.25, 0.3) is 10.9 Å². The Hall–Kier alpha value is -3.12. The number of benzene rings is 2. The first-order valence-electron chi connectivity index (χ1n) is 8.73. The topological polar surface area (TPSA) is 97.6 Å². The quantitative estimate of drug-likeness (QED) is 0.447. The van der Waals surface area contributed by atoms with Crippen LogP contribution in [0.5, 0.6) is 11.6 Å². The lowest BCUT2D eigenvalue weighted by Gasteiger charge is -2.16. The van der Waals surface area contributed by atoms with Gasteiger partial charge in [0.15, 0.2) is 11.6 Å². The van der Waals surface area contributed by atoms with E-state index >= 15 is 0 Å². The molecule has 1 aromatic heterocycles. The number of alkyl halides is 3. The molecular formula is C19H16F4N2O5S. The number of rotatable bonds is 5. The molecule has 0 amide bonds. The first-order chi connectivity index (χ1) is 14.4. The molecular weight excluding hydrogens is 444 g/mol. The summed E-state index contributed by atoms with van der Waals surface area (Å²) in [6.45, 7) is 1.51. The SMILES string of the molecule is CNC(C)c1c(O)c(F)cc2c1cc(OC(=O)C(F)(F)F)n2S(=O)(=O)c1ccccc1. The molecule has 12 heteroatoms. The molecule has 0 saturated carbocycles. The van der Waals surface area contributed by atoms with Crippen LogP contribution in [-0.4, -0.2) is 36.7 Å². The normalized spacial score (nSPS) is 13.4. The third-order valence-corrected chi connectivity index (χ3v) is 6.30. The van der Waals surface area contributed by atoms with E-state index in [2.05, 4.69) is 10.1 Å². The number of hydrogen-bond acceptors (Lipinski definition) is 6. The van der Waals surface area contributed by atoms with Crippen molar-refractivity contribution in [3.05, 3.63) is 53.8 Å². The molecule has 31 heavy (non-hydrogen) atoms. The minimum absolute atomic E-state index is 0.120. The number of fused-ring (bicyclic) bond motifs is 1. The van der Waals surface area contributed by atoms with Crippen LogP contribution in [0.1, 0.15) is 18.5 Å². The molecule has 3 aromatic rings. The van der Waals surface area contributed by atoms with Crippen molar-refractivity contribution in [1.82, 2.24) is 9.29 Å². The lowest BCUT2D eigenvalue weighted by atomic mass is 10.0. The third-order valence-electron chi connectivity index (χ3n) is 4.57. The monoisotopic (exact) mass is 460 g/mol. The predicted octanol–water partition coefficient (Wildman–Crippen LogP) is 3.47. The molecule has 0 aliphatic carbocycles. The second-order valence-electron chi connectivity index (χ2n) is 6.52. The molecule has 1 unspecified atom stereocenters. The third kappa shape index (κ3) is 3.95. The maximum atomic E-state index is 14.5. The van der Waals surface area contributed by atoms with Gasteiger partial charge in [-0.3, -0.25) is 0 Å². The van der Waals surface area contributed by atoms with E-state index in [1.54, 1.807) is 0 Å². The molecule has 0 fully saturated rings. The molecule has 0 bridgehead atoms. The standard InChI is InChI=1S/C19H16F4N2O5S/c1-10(24-2)16-12-8-15(30-18(27)19(21,22)23)25(14(12)9-13(20)17(16)26)31(28,29)11-6-4-3-5-7-11/h3-10,24,26H,1-2H3. The highest BCUT2D eigenvalue weighted by Gasteiger charge is 2.43. The number of halogens is 4. The molecule has 1 heterocycles. The Morgan fingerprint density at radius 1 is 1.19 bits per heavy atom. The Balaban J connectivity index is 2.41. The Bertz CT molecular complexity index is 1250. The highest BCUT2D eigenvalue weighted by Crippen LogP contribution is 2.40. The molecule has 7 nitrogen and oxygen atoms in total. The fraction of sp³-hybridized carbons (Fsp3) is 0.211. The van der Waals surface area contributed by atoms with Crippen molar-refractivity contribution in [3.63, 3.8) is 0 Å². The van der Waals surface area contributed by atoms with Gasteiger partial charge in [0.1, 0.15) is 0 Å². The van der Waals surface area contributed by atoms with Crippen LogP contribution in [0.4, 0.5) is 17.6 Å². The number of nitrogens with zero attached hydrogens (tertiary/aromatic N) is 1. The average Bonchev–Trinajstić information content (AvgIpc) is 3.06. The van der Waals surface area contributed by atoms with E-state index in [9.17, 15) is 35.9 Å². The van der Waals surface area contributed by atoms with Gasteiger partial charge in [-0.05, 0) is 26.1 Å². The zero-order valence-electron chi connectivity index (χ0n) is 16.1. The van der Waals surface area contributed by atoms with Crippen molar-refractivity contribution < 1.29 is 40.6 Å². The lowest BCUT2D eigenvalue weighted by molar-refractivity contribution is -0.190. The minimum Gasteiger partial charge on any atom is -0.505 e. The number of carbonyl (C=O) groups is 1. The van der Waals surface area contributed by atoms with E-state index < -0.39 is 51.2 Å². The summed E-state index contributed by atoms with van der Waals surface area (Å²) in [4.78, 5) is 11.1. The fourth-order valence-corrected chi connectivity index (χ4v) is 4.48.